The number of amides is 2. The van der Waals surface area contributed by atoms with Crippen LogP contribution in [0.15, 0.2) is 48.7 Å². The van der Waals surface area contributed by atoms with E-state index in [1.54, 1.807) is 41.0 Å². The fourth-order valence-corrected chi connectivity index (χ4v) is 6.85. The van der Waals surface area contributed by atoms with E-state index < -0.39 is 11.5 Å². The predicted molar refractivity (Wildman–Crippen MR) is 164 cm³/mol. The fourth-order valence-electron chi connectivity index (χ4n) is 6.60. The SMILES string of the molecule is Cc1cc(-c2c(-c3cccc(C#N)c3)nn3ccc(C(=O)NCC4(C)CCCN(C(=O)O)C4C(C)(C)C)nc23)cc(Cl)n1. The summed E-state index contributed by atoms with van der Waals surface area (Å²) in [6, 6.07) is 14.2. The second-order valence-electron chi connectivity index (χ2n) is 12.5. The van der Waals surface area contributed by atoms with Crippen molar-refractivity contribution < 1.29 is 14.7 Å². The van der Waals surface area contributed by atoms with Crippen LogP contribution in [-0.4, -0.2) is 60.7 Å². The van der Waals surface area contributed by atoms with Gasteiger partial charge in [0.05, 0.1) is 17.2 Å². The number of likely N-dealkylation sites (tertiary alicyclic amines) is 1. The summed E-state index contributed by atoms with van der Waals surface area (Å²) in [4.78, 5) is 36.2. The minimum Gasteiger partial charge on any atom is -0.465 e. The molecule has 0 aliphatic carbocycles. The van der Waals surface area contributed by atoms with Gasteiger partial charge in [0.1, 0.15) is 16.5 Å². The number of piperidine rings is 1. The van der Waals surface area contributed by atoms with Crippen molar-refractivity contribution in [2.24, 2.45) is 10.8 Å². The van der Waals surface area contributed by atoms with Crippen molar-refractivity contribution in [3.63, 3.8) is 0 Å². The number of nitrogens with one attached hydrogen (secondary N) is 1. The molecule has 43 heavy (non-hydrogen) atoms. The smallest absolute Gasteiger partial charge is 0.407 e. The van der Waals surface area contributed by atoms with Crippen LogP contribution in [0, 0.1) is 29.1 Å². The van der Waals surface area contributed by atoms with E-state index in [1.807, 2.05) is 46.8 Å². The highest BCUT2D eigenvalue weighted by molar-refractivity contribution is 6.29. The number of carbonyl (C=O) groups excluding carboxylic acids is 1. The molecule has 5 rings (SSSR count). The van der Waals surface area contributed by atoms with Crippen molar-refractivity contribution in [2.45, 2.75) is 53.5 Å². The lowest BCUT2D eigenvalue weighted by atomic mass is 9.65. The number of carboxylic acid groups (broad SMARTS) is 1. The molecule has 11 heteroatoms. The molecule has 222 valence electrons. The molecule has 0 bridgehead atoms. The van der Waals surface area contributed by atoms with Crippen LogP contribution in [-0.2, 0) is 0 Å². The predicted octanol–water partition coefficient (Wildman–Crippen LogP) is 6.22. The number of rotatable bonds is 5. The molecule has 3 aromatic heterocycles. The number of nitriles is 1. The zero-order valence-electron chi connectivity index (χ0n) is 24.8. The molecule has 0 radical (unpaired) electrons. The molecule has 2 unspecified atom stereocenters. The van der Waals surface area contributed by atoms with Gasteiger partial charge in [-0.15, -0.1) is 0 Å². The van der Waals surface area contributed by atoms with Crippen molar-refractivity contribution in [3.8, 4) is 28.5 Å². The molecule has 1 aliphatic heterocycles. The molecule has 2 amide bonds. The van der Waals surface area contributed by atoms with Crippen molar-refractivity contribution in [3.05, 3.63) is 70.8 Å². The van der Waals surface area contributed by atoms with Gasteiger partial charge in [-0.3, -0.25) is 4.79 Å². The van der Waals surface area contributed by atoms with E-state index in [9.17, 15) is 20.0 Å². The van der Waals surface area contributed by atoms with Gasteiger partial charge < -0.3 is 15.3 Å². The van der Waals surface area contributed by atoms with Gasteiger partial charge in [-0.25, -0.2) is 19.3 Å². The Bertz CT molecular complexity index is 1750. The zero-order valence-corrected chi connectivity index (χ0v) is 25.6. The van der Waals surface area contributed by atoms with Crippen molar-refractivity contribution in [2.75, 3.05) is 13.1 Å². The van der Waals surface area contributed by atoms with Gasteiger partial charge in [0.2, 0.25) is 0 Å². The number of benzene rings is 1. The van der Waals surface area contributed by atoms with Gasteiger partial charge in [-0.1, -0.05) is 51.4 Å². The number of hydrogen-bond donors (Lipinski definition) is 2. The van der Waals surface area contributed by atoms with E-state index in [4.69, 9.17) is 21.7 Å². The number of pyridine rings is 1. The van der Waals surface area contributed by atoms with E-state index in [2.05, 4.69) is 16.4 Å². The maximum absolute atomic E-state index is 13.6. The molecule has 4 heterocycles. The number of aryl methyl sites for hydroxylation is 1. The van der Waals surface area contributed by atoms with E-state index in [-0.39, 0.29) is 23.1 Å². The number of carbonyl (C=O) groups is 2. The molecule has 4 aromatic rings. The van der Waals surface area contributed by atoms with Gasteiger partial charge in [0.25, 0.3) is 5.91 Å². The van der Waals surface area contributed by atoms with Gasteiger partial charge in [-0.05, 0) is 61.1 Å². The minimum absolute atomic E-state index is 0.199. The highest BCUT2D eigenvalue weighted by Gasteiger charge is 2.49. The van der Waals surface area contributed by atoms with Crippen LogP contribution < -0.4 is 5.32 Å². The Morgan fingerprint density at radius 3 is 2.63 bits per heavy atom. The van der Waals surface area contributed by atoms with Gasteiger partial charge in [0.15, 0.2) is 5.65 Å². The van der Waals surface area contributed by atoms with Gasteiger partial charge >= 0.3 is 6.09 Å². The summed E-state index contributed by atoms with van der Waals surface area (Å²) >= 11 is 6.34. The van der Waals surface area contributed by atoms with E-state index in [1.165, 1.54) is 4.90 Å². The summed E-state index contributed by atoms with van der Waals surface area (Å²) in [5, 5.41) is 27.5. The molecular weight excluding hydrogens is 566 g/mol. The third kappa shape index (κ3) is 5.90. The number of aromatic nitrogens is 4. The molecule has 0 saturated carbocycles. The van der Waals surface area contributed by atoms with Crippen molar-refractivity contribution >= 4 is 29.2 Å². The van der Waals surface area contributed by atoms with Crippen LogP contribution in [0.4, 0.5) is 4.79 Å². The minimum atomic E-state index is -0.944. The number of hydrogen-bond acceptors (Lipinski definition) is 6. The lowest BCUT2D eigenvalue weighted by Gasteiger charge is -2.53. The van der Waals surface area contributed by atoms with E-state index >= 15 is 0 Å². The number of halogens is 1. The molecule has 10 nitrogen and oxygen atoms in total. The van der Waals surface area contributed by atoms with Crippen LogP contribution in [0.5, 0.6) is 0 Å². The molecular formula is C32H34ClN7O3. The topological polar surface area (TPSA) is 137 Å². The van der Waals surface area contributed by atoms with Crippen LogP contribution in [0.3, 0.4) is 0 Å². The summed E-state index contributed by atoms with van der Waals surface area (Å²) in [5.41, 5.74) is 3.72. The first-order chi connectivity index (χ1) is 20.3. The Balaban J connectivity index is 1.54. The van der Waals surface area contributed by atoms with Gasteiger partial charge in [0, 0.05) is 42.0 Å². The zero-order chi connectivity index (χ0) is 31.1. The van der Waals surface area contributed by atoms with E-state index in [0.29, 0.717) is 46.4 Å². The highest BCUT2D eigenvalue weighted by Crippen LogP contribution is 2.44. The quantitative estimate of drug-likeness (QED) is 0.260. The first kappa shape index (κ1) is 30.0. The molecule has 0 spiro atoms. The van der Waals surface area contributed by atoms with E-state index in [0.717, 1.165) is 24.0 Å². The lowest BCUT2D eigenvalue weighted by molar-refractivity contribution is -0.0255. The summed E-state index contributed by atoms with van der Waals surface area (Å²) in [7, 11) is 0. The summed E-state index contributed by atoms with van der Waals surface area (Å²) in [6.45, 7) is 10.8. The molecule has 1 aromatic carbocycles. The standard InChI is InChI=1S/C32H34ClN7O3/c1-19-14-22(16-24(33)36-19)25-26(21-9-6-8-20(15-21)17-34)38-40-13-10-23(37-27(25)40)28(41)35-18-32(5)11-7-12-39(30(42)43)29(32)31(2,3)4/h6,8-10,13-16,29H,7,11-12,18H2,1-5H3,(H,35,41)(H,42,43). The fraction of sp³-hybridized carbons (Fsp3) is 0.375. The average molecular weight is 600 g/mol. The summed E-state index contributed by atoms with van der Waals surface area (Å²) in [5.74, 6) is -0.368. The maximum Gasteiger partial charge on any atom is 0.407 e. The summed E-state index contributed by atoms with van der Waals surface area (Å²) in [6.07, 6.45) is 2.24. The molecule has 1 aliphatic rings. The highest BCUT2D eigenvalue weighted by atomic mass is 35.5. The number of nitrogens with zero attached hydrogens (tertiary/aromatic N) is 6. The Morgan fingerprint density at radius 2 is 1.95 bits per heavy atom. The largest absolute Gasteiger partial charge is 0.465 e. The second-order valence-corrected chi connectivity index (χ2v) is 12.9. The number of fused-ring (bicyclic) bond motifs is 1. The van der Waals surface area contributed by atoms with Crippen LogP contribution in [0.1, 0.15) is 62.3 Å². The Hall–Kier alpha value is -4.49. The third-order valence-corrected chi connectivity index (χ3v) is 8.22. The average Bonchev–Trinajstić information content (AvgIpc) is 3.33. The molecule has 2 atom stereocenters. The second kappa shape index (κ2) is 11.3. The van der Waals surface area contributed by atoms with Crippen LogP contribution >= 0.6 is 11.6 Å². The molecule has 2 N–H and O–H groups in total. The maximum atomic E-state index is 13.6. The third-order valence-electron chi connectivity index (χ3n) is 8.03. The normalized spacial score (nSPS) is 18.8. The Labute approximate surface area is 255 Å². The Morgan fingerprint density at radius 1 is 1.19 bits per heavy atom. The monoisotopic (exact) mass is 599 g/mol. The first-order valence-corrected chi connectivity index (χ1v) is 14.5. The van der Waals surface area contributed by atoms with Crippen molar-refractivity contribution in [1.82, 2.24) is 29.8 Å². The lowest BCUT2D eigenvalue weighted by Crippen LogP contribution is -2.61. The van der Waals surface area contributed by atoms with Crippen LogP contribution in [0.2, 0.25) is 5.15 Å². The van der Waals surface area contributed by atoms with Gasteiger partial charge in [-0.2, -0.15) is 10.4 Å². The van der Waals surface area contributed by atoms with Crippen molar-refractivity contribution in [1.29, 1.82) is 5.26 Å². The summed E-state index contributed by atoms with van der Waals surface area (Å²) < 4.78 is 1.60. The molecule has 1 fully saturated rings. The first-order valence-electron chi connectivity index (χ1n) is 14.1. The molecule has 1 saturated heterocycles. The van der Waals surface area contributed by atoms with Crippen LogP contribution in [0.25, 0.3) is 28.0 Å². The Kier molecular flexibility index (Phi) is 7.88.